The molecule has 0 atom stereocenters. The van der Waals surface area contributed by atoms with E-state index in [1.165, 1.54) is 0 Å². The van der Waals surface area contributed by atoms with Gasteiger partial charge in [0.1, 0.15) is 0 Å². The van der Waals surface area contributed by atoms with E-state index in [0.717, 1.165) is 3.57 Å². The number of halogens is 1. The third kappa shape index (κ3) is 4.55. The van der Waals surface area contributed by atoms with Gasteiger partial charge in [0, 0.05) is 15.3 Å². The molecule has 0 fully saturated rings. The Hall–Kier alpha value is -1.87. The second kappa shape index (κ2) is 8.11. The normalized spacial score (nSPS) is 9.87. The molecule has 120 valence electrons. The van der Waals surface area contributed by atoms with Gasteiger partial charge in [-0.05, 0) is 59.1 Å². The lowest BCUT2D eigenvalue weighted by atomic mass is 10.2. The van der Waals surface area contributed by atoms with Gasteiger partial charge >= 0.3 is 0 Å². The zero-order valence-electron chi connectivity index (χ0n) is 12.6. The Morgan fingerprint density at radius 2 is 1.78 bits per heavy atom. The van der Waals surface area contributed by atoms with Crippen LogP contribution in [-0.2, 0) is 0 Å². The smallest absolute Gasteiger partial charge is 0.258 e. The maximum atomic E-state index is 12.2. The Kier molecular flexibility index (Phi) is 6.17. The van der Waals surface area contributed by atoms with Crippen LogP contribution in [0.4, 0.5) is 5.69 Å². The molecule has 1 amide bonds. The number of thiocarbonyl (C=S) groups is 1. The Morgan fingerprint density at radius 3 is 2.43 bits per heavy atom. The number of hydrogen-bond donors (Lipinski definition) is 2. The van der Waals surface area contributed by atoms with Crippen LogP contribution in [0.25, 0.3) is 0 Å². The molecule has 2 N–H and O–H groups in total. The lowest BCUT2D eigenvalue weighted by molar-refractivity contribution is 0.0977. The fourth-order valence-electron chi connectivity index (χ4n) is 1.89. The zero-order chi connectivity index (χ0) is 16.8. The summed E-state index contributed by atoms with van der Waals surface area (Å²) in [5.74, 6) is 0.934. The molecular weight excluding hydrogens is 427 g/mol. The van der Waals surface area contributed by atoms with Gasteiger partial charge < -0.3 is 14.8 Å². The molecule has 7 heteroatoms. The second-order valence-electron chi connectivity index (χ2n) is 4.46. The average molecular weight is 442 g/mol. The van der Waals surface area contributed by atoms with E-state index in [1.54, 1.807) is 38.5 Å². The van der Waals surface area contributed by atoms with Crippen LogP contribution in [0.3, 0.4) is 0 Å². The fraction of sp³-hybridized carbons (Fsp3) is 0.125. The number of rotatable bonds is 4. The topological polar surface area (TPSA) is 59.6 Å². The maximum absolute atomic E-state index is 12.2. The van der Waals surface area contributed by atoms with Gasteiger partial charge in [-0.15, -0.1) is 0 Å². The van der Waals surface area contributed by atoms with Crippen molar-refractivity contribution in [3.8, 4) is 11.5 Å². The van der Waals surface area contributed by atoms with Gasteiger partial charge in [-0.25, -0.2) is 0 Å². The van der Waals surface area contributed by atoms with Crippen molar-refractivity contribution in [1.29, 1.82) is 0 Å². The molecular formula is C16H15IN2O3S. The Bertz CT molecular complexity index is 737. The number of carbonyl (C=O) groups excluding carboxylic acids is 1. The van der Waals surface area contributed by atoms with E-state index in [0.29, 0.717) is 22.7 Å². The highest BCUT2D eigenvalue weighted by molar-refractivity contribution is 14.1. The first kappa shape index (κ1) is 17.5. The summed E-state index contributed by atoms with van der Waals surface area (Å²) in [5, 5.41) is 5.82. The lowest BCUT2D eigenvalue weighted by Gasteiger charge is -2.13. The van der Waals surface area contributed by atoms with E-state index >= 15 is 0 Å². The van der Waals surface area contributed by atoms with Crippen molar-refractivity contribution >= 4 is 51.5 Å². The SMILES string of the molecule is COc1ccc(NC(=S)NC(=O)c2ccccc2I)cc1OC. The molecule has 23 heavy (non-hydrogen) atoms. The molecule has 2 aromatic rings. The Labute approximate surface area is 153 Å². The van der Waals surface area contributed by atoms with Gasteiger partial charge in [-0.2, -0.15) is 0 Å². The van der Waals surface area contributed by atoms with Crippen molar-refractivity contribution in [3.63, 3.8) is 0 Å². The first-order chi connectivity index (χ1) is 11.0. The second-order valence-corrected chi connectivity index (χ2v) is 6.03. The van der Waals surface area contributed by atoms with Gasteiger partial charge in [0.25, 0.3) is 5.91 Å². The summed E-state index contributed by atoms with van der Waals surface area (Å²) in [5.41, 5.74) is 1.26. The van der Waals surface area contributed by atoms with E-state index < -0.39 is 0 Å². The molecule has 0 aliphatic heterocycles. The minimum atomic E-state index is -0.257. The van der Waals surface area contributed by atoms with Crippen LogP contribution in [0, 0.1) is 3.57 Å². The minimum Gasteiger partial charge on any atom is -0.493 e. The minimum absolute atomic E-state index is 0.210. The van der Waals surface area contributed by atoms with Crippen LogP contribution < -0.4 is 20.1 Å². The van der Waals surface area contributed by atoms with E-state index in [9.17, 15) is 4.79 Å². The Morgan fingerprint density at radius 1 is 1.09 bits per heavy atom. The molecule has 0 spiro atoms. The van der Waals surface area contributed by atoms with Crippen molar-refractivity contribution in [2.24, 2.45) is 0 Å². The molecule has 5 nitrogen and oxygen atoms in total. The number of amides is 1. The molecule has 0 heterocycles. The van der Waals surface area contributed by atoms with Gasteiger partial charge in [0.2, 0.25) is 0 Å². The summed E-state index contributed by atoms with van der Waals surface area (Å²) in [7, 11) is 3.12. The maximum Gasteiger partial charge on any atom is 0.258 e. The molecule has 0 radical (unpaired) electrons. The standard InChI is InChI=1S/C16H15IN2O3S/c1-21-13-8-7-10(9-14(13)22-2)18-16(23)19-15(20)11-5-3-4-6-12(11)17/h3-9H,1-2H3,(H2,18,19,20,23). The highest BCUT2D eigenvalue weighted by atomic mass is 127. The summed E-state index contributed by atoms with van der Waals surface area (Å²) in [6.45, 7) is 0. The largest absolute Gasteiger partial charge is 0.493 e. The van der Waals surface area contributed by atoms with Crippen molar-refractivity contribution in [3.05, 3.63) is 51.6 Å². The van der Waals surface area contributed by atoms with Crippen LogP contribution in [0.2, 0.25) is 0 Å². The van der Waals surface area contributed by atoms with E-state index in [-0.39, 0.29) is 11.0 Å². The number of nitrogens with one attached hydrogen (secondary N) is 2. The third-order valence-electron chi connectivity index (χ3n) is 2.99. The lowest BCUT2D eigenvalue weighted by Crippen LogP contribution is -2.34. The molecule has 2 aromatic carbocycles. The molecule has 0 aliphatic rings. The van der Waals surface area contributed by atoms with Gasteiger partial charge in [-0.3, -0.25) is 10.1 Å². The van der Waals surface area contributed by atoms with Crippen molar-refractivity contribution in [2.75, 3.05) is 19.5 Å². The summed E-state index contributed by atoms with van der Waals surface area (Å²) in [4.78, 5) is 12.2. The van der Waals surface area contributed by atoms with Gasteiger partial charge in [-0.1, -0.05) is 12.1 Å². The van der Waals surface area contributed by atoms with Crippen LogP contribution in [-0.4, -0.2) is 25.2 Å². The van der Waals surface area contributed by atoms with Crippen molar-refractivity contribution in [1.82, 2.24) is 5.32 Å². The van der Waals surface area contributed by atoms with Crippen molar-refractivity contribution < 1.29 is 14.3 Å². The van der Waals surface area contributed by atoms with Gasteiger partial charge in [0.05, 0.1) is 19.8 Å². The molecule has 0 aliphatic carbocycles. The van der Waals surface area contributed by atoms with E-state index in [1.807, 2.05) is 18.2 Å². The first-order valence-corrected chi connectivity index (χ1v) is 8.12. The van der Waals surface area contributed by atoms with Crippen molar-refractivity contribution in [2.45, 2.75) is 0 Å². The monoisotopic (exact) mass is 442 g/mol. The fourth-order valence-corrected chi connectivity index (χ4v) is 2.74. The number of anilines is 1. The number of hydrogen-bond acceptors (Lipinski definition) is 4. The first-order valence-electron chi connectivity index (χ1n) is 6.64. The number of ether oxygens (including phenoxy) is 2. The van der Waals surface area contributed by atoms with E-state index in [2.05, 4.69) is 33.2 Å². The Balaban J connectivity index is 2.05. The summed E-state index contributed by atoms with van der Waals surface area (Å²) < 4.78 is 11.3. The summed E-state index contributed by atoms with van der Waals surface area (Å²) in [6.07, 6.45) is 0. The predicted octanol–water partition coefficient (Wildman–Crippen LogP) is 3.44. The zero-order valence-corrected chi connectivity index (χ0v) is 15.5. The average Bonchev–Trinajstić information content (AvgIpc) is 2.54. The van der Waals surface area contributed by atoms with Crippen LogP contribution >= 0.6 is 34.8 Å². The number of carbonyl (C=O) groups is 1. The highest BCUT2D eigenvalue weighted by Crippen LogP contribution is 2.29. The number of methoxy groups -OCH3 is 2. The summed E-state index contributed by atoms with van der Waals surface area (Å²) >= 11 is 7.29. The predicted molar refractivity (Wildman–Crippen MR) is 102 cm³/mol. The molecule has 0 bridgehead atoms. The van der Waals surface area contributed by atoms with Crippen LogP contribution in [0.5, 0.6) is 11.5 Å². The quantitative estimate of drug-likeness (QED) is 0.562. The van der Waals surface area contributed by atoms with Crippen LogP contribution in [0.15, 0.2) is 42.5 Å². The molecule has 0 unspecified atom stereocenters. The van der Waals surface area contributed by atoms with E-state index in [4.69, 9.17) is 21.7 Å². The molecule has 0 aromatic heterocycles. The molecule has 0 saturated carbocycles. The summed E-state index contributed by atoms with van der Waals surface area (Å²) in [6, 6.07) is 12.6. The molecule has 0 saturated heterocycles. The highest BCUT2D eigenvalue weighted by Gasteiger charge is 2.11. The van der Waals surface area contributed by atoms with Gasteiger partial charge in [0.15, 0.2) is 16.6 Å². The molecule has 2 rings (SSSR count). The number of benzene rings is 2. The van der Waals surface area contributed by atoms with Crippen LogP contribution in [0.1, 0.15) is 10.4 Å². The third-order valence-corrected chi connectivity index (χ3v) is 4.13.